The lowest BCUT2D eigenvalue weighted by atomic mass is 10.1. The Morgan fingerprint density at radius 2 is 2.17 bits per heavy atom. The molecule has 2 heterocycles. The number of ether oxygens (including phenoxy) is 2. The van der Waals surface area contributed by atoms with Gasteiger partial charge in [0.05, 0.1) is 13.3 Å². The van der Waals surface area contributed by atoms with Crippen molar-refractivity contribution >= 4 is 11.7 Å². The van der Waals surface area contributed by atoms with Gasteiger partial charge in [0, 0.05) is 0 Å². The Hall–Kier alpha value is -2.96. The van der Waals surface area contributed by atoms with E-state index in [1.165, 1.54) is 42.6 Å². The molecule has 23 heavy (non-hydrogen) atoms. The molecule has 3 aromatic rings. The molecule has 0 aliphatic heterocycles. The molecule has 1 fully saturated rings. The molecule has 0 amide bonds. The maximum Gasteiger partial charge on any atom is 0.360 e. The van der Waals surface area contributed by atoms with Crippen molar-refractivity contribution in [2.75, 3.05) is 7.11 Å². The van der Waals surface area contributed by atoms with Crippen molar-refractivity contribution in [2.24, 2.45) is 0 Å². The van der Waals surface area contributed by atoms with E-state index >= 15 is 0 Å². The zero-order valence-electron chi connectivity index (χ0n) is 12.5. The first-order valence-electron chi connectivity index (χ1n) is 7.31. The molecular formula is C16H14N4O3. The van der Waals surface area contributed by atoms with Gasteiger partial charge >= 0.3 is 5.97 Å². The van der Waals surface area contributed by atoms with Crippen molar-refractivity contribution < 1.29 is 14.3 Å². The minimum Gasteiger partial charge on any atom is -0.464 e. The number of rotatable bonds is 4. The predicted molar refractivity (Wildman–Crippen MR) is 80.6 cm³/mol. The molecule has 1 aliphatic rings. The molecule has 1 saturated carbocycles. The highest BCUT2D eigenvalue weighted by Crippen LogP contribution is 2.41. The van der Waals surface area contributed by atoms with Crippen LogP contribution in [-0.2, 0) is 4.74 Å². The van der Waals surface area contributed by atoms with Crippen LogP contribution >= 0.6 is 0 Å². The molecule has 1 aromatic carbocycles. The van der Waals surface area contributed by atoms with Crippen LogP contribution < -0.4 is 4.74 Å². The van der Waals surface area contributed by atoms with Crippen LogP contribution in [0.25, 0.3) is 5.78 Å². The van der Waals surface area contributed by atoms with Crippen LogP contribution in [0.1, 0.15) is 34.8 Å². The van der Waals surface area contributed by atoms with Gasteiger partial charge in [0.2, 0.25) is 0 Å². The van der Waals surface area contributed by atoms with E-state index in [2.05, 4.69) is 21.1 Å². The second-order valence-electron chi connectivity index (χ2n) is 5.38. The number of methoxy groups -OCH3 is 1. The van der Waals surface area contributed by atoms with Crippen molar-refractivity contribution in [3.05, 3.63) is 48.0 Å². The summed E-state index contributed by atoms with van der Waals surface area (Å²) < 4.78 is 12.0. The summed E-state index contributed by atoms with van der Waals surface area (Å²) in [4.78, 5) is 20.2. The predicted octanol–water partition coefficient (Wildman–Crippen LogP) is 2.58. The third-order valence-corrected chi connectivity index (χ3v) is 3.79. The van der Waals surface area contributed by atoms with Crippen LogP contribution in [0, 0.1) is 0 Å². The number of benzene rings is 1. The summed E-state index contributed by atoms with van der Waals surface area (Å²) in [6.45, 7) is 0. The molecule has 2 aromatic heterocycles. The van der Waals surface area contributed by atoms with Crippen molar-refractivity contribution in [2.45, 2.75) is 18.8 Å². The Bertz CT molecular complexity index is 886. The first-order valence-corrected chi connectivity index (χ1v) is 7.31. The average Bonchev–Trinajstić information content (AvgIpc) is 3.32. The van der Waals surface area contributed by atoms with E-state index < -0.39 is 5.97 Å². The van der Waals surface area contributed by atoms with Gasteiger partial charge in [-0.2, -0.15) is 14.6 Å². The molecule has 0 atom stereocenters. The number of fused-ring (bicyclic) bond motifs is 1. The molecule has 1 aliphatic carbocycles. The fourth-order valence-corrected chi connectivity index (χ4v) is 2.50. The van der Waals surface area contributed by atoms with Gasteiger partial charge in [-0.25, -0.2) is 9.78 Å². The third-order valence-electron chi connectivity index (χ3n) is 3.79. The number of esters is 1. The van der Waals surface area contributed by atoms with E-state index in [0.717, 1.165) is 0 Å². The van der Waals surface area contributed by atoms with Crippen LogP contribution in [0.5, 0.6) is 11.5 Å². The van der Waals surface area contributed by atoms with Gasteiger partial charge in [0.15, 0.2) is 11.4 Å². The van der Waals surface area contributed by atoms with E-state index in [1.54, 1.807) is 0 Å². The number of carbonyl (C=O) groups is 1. The van der Waals surface area contributed by atoms with Gasteiger partial charge in [-0.05, 0) is 36.5 Å². The van der Waals surface area contributed by atoms with Crippen LogP contribution in [0.15, 0.2) is 36.8 Å². The molecule has 7 heteroatoms. The van der Waals surface area contributed by atoms with Crippen molar-refractivity contribution in [1.82, 2.24) is 19.6 Å². The molecule has 7 nitrogen and oxygen atoms in total. The Labute approximate surface area is 131 Å². The van der Waals surface area contributed by atoms with Crippen molar-refractivity contribution in [1.29, 1.82) is 0 Å². The molecule has 4 rings (SSSR count). The largest absolute Gasteiger partial charge is 0.464 e. The number of hydrogen-bond donors (Lipinski definition) is 0. The fraction of sp³-hybridized carbons (Fsp3) is 0.250. The highest BCUT2D eigenvalue weighted by molar-refractivity contribution is 5.91. The van der Waals surface area contributed by atoms with E-state index in [4.69, 9.17) is 9.47 Å². The standard InChI is InChI=1S/C16H14N4O3/c1-22-15(21)14-13(8-17-16-18-9-19-20(14)16)23-12-4-2-3-11(7-12)10-5-6-10/h2-4,7-10H,5-6H2,1H3. The maximum atomic E-state index is 12.1. The van der Waals surface area contributed by atoms with Crippen LogP contribution in [0.4, 0.5) is 0 Å². The molecule has 0 N–H and O–H groups in total. The summed E-state index contributed by atoms with van der Waals surface area (Å²) >= 11 is 0. The van der Waals surface area contributed by atoms with Gasteiger partial charge in [-0.1, -0.05) is 12.1 Å². The van der Waals surface area contributed by atoms with Crippen molar-refractivity contribution in [3.8, 4) is 11.5 Å². The molecule has 116 valence electrons. The first kappa shape index (κ1) is 13.7. The van der Waals surface area contributed by atoms with E-state index in [0.29, 0.717) is 17.4 Å². The SMILES string of the molecule is COC(=O)c1c(Oc2cccc(C3CC3)c2)cnc2ncnn12. The fourth-order valence-electron chi connectivity index (χ4n) is 2.50. The lowest BCUT2D eigenvalue weighted by Gasteiger charge is -2.11. The molecule has 0 unspecified atom stereocenters. The monoisotopic (exact) mass is 310 g/mol. The number of aromatic nitrogens is 4. The molecule has 0 bridgehead atoms. The van der Waals surface area contributed by atoms with Gasteiger partial charge in [0.1, 0.15) is 12.1 Å². The lowest BCUT2D eigenvalue weighted by molar-refractivity contribution is 0.0587. The van der Waals surface area contributed by atoms with E-state index in [-0.39, 0.29) is 11.4 Å². The normalized spacial score (nSPS) is 14.0. The summed E-state index contributed by atoms with van der Waals surface area (Å²) in [5.41, 5.74) is 1.41. The summed E-state index contributed by atoms with van der Waals surface area (Å²) in [5.74, 6) is 1.30. The first-order chi connectivity index (χ1) is 11.3. The highest BCUT2D eigenvalue weighted by Gasteiger charge is 2.24. The molecular weight excluding hydrogens is 296 g/mol. The average molecular weight is 310 g/mol. The summed E-state index contributed by atoms with van der Waals surface area (Å²) in [7, 11) is 1.31. The Morgan fingerprint density at radius 3 is 2.96 bits per heavy atom. The lowest BCUT2D eigenvalue weighted by Crippen LogP contribution is -2.12. The Balaban J connectivity index is 1.76. The minimum atomic E-state index is -0.559. The summed E-state index contributed by atoms with van der Waals surface area (Å²) in [6.07, 6.45) is 5.21. The van der Waals surface area contributed by atoms with Gasteiger partial charge < -0.3 is 9.47 Å². The second kappa shape index (κ2) is 5.35. The number of carbonyl (C=O) groups excluding carboxylic acids is 1. The minimum absolute atomic E-state index is 0.159. The number of hydrogen-bond acceptors (Lipinski definition) is 6. The highest BCUT2D eigenvalue weighted by atomic mass is 16.5. The summed E-state index contributed by atoms with van der Waals surface area (Å²) in [5, 5.41) is 4.01. The Morgan fingerprint density at radius 1 is 1.30 bits per heavy atom. The number of nitrogens with zero attached hydrogens (tertiary/aromatic N) is 4. The van der Waals surface area contributed by atoms with E-state index in [9.17, 15) is 4.79 Å². The van der Waals surface area contributed by atoms with Crippen LogP contribution in [0.3, 0.4) is 0 Å². The topological polar surface area (TPSA) is 78.6 Å². The third kappa shape index (κ3) is 2.50. The smallest absolute Gasteiger partial charge is 0.360 e. The van der Waals surface area contributed by atoms with Gasteiger partial charge in [-0.15, -0.1) is 0 Å². The van der Waals surface area contributed by atoms with Crippen LogP contribution in [-0.4, -0.2) is 32.7 Å². The van der Waals surface area contributed by atoms with Gasteiger partial charge in [-0.3, -0.25) is 0 Å². The van der Waals surface area contributed by atoms with Crippen LogP contribution in [0.2, 0.25) is 0 Å². The molecule has 0 spiro atoms. The maximum absolute atomic E-state index is 12.1. The Kier molecular flexibility index (Phi) is 3.18. The summed E-state index contributed by atoms with van der Waals surface area (Å²) in [6, 6.07) is 7.87. The van der Waals surface area contributed by atoms with Crippen molar-refractivity contribution in [3.63, 3.8) is 0 Å². The zero-order chi connectivity index (χ0) is 15.8. The molecule has 0 saturated heterocycles. The zero-order valence-corrected chi connectivity index (χ0v) is 12.5. The quantitative estimate of drug-likeness (QED) is 0.689. The van der Waals surface area contributed by atoms with E-state index in [1.807, 2.05) is 18.2 Å². The molecule has 0 radical (unpaired) electrons. The second-order valence-corrected chi connectivity index (χ2v) is 5.38. The van der Waals surface area contributed by atoms with Gasteiger partial charge in [0.25, 0.3) is 5.78 Å².